The van der Waals surface area contributed by atoms with Gasteiger partial charge in [0.25, 0.3) is 0 Å². The van der Waals surface area contributed by atoms with Crippen molar-refractivity contribution in [1.82, 2.24) is 0 Å². The van der Waals surface area contributed by atoms with Crippen molar-refractivity contribution in [3.05, 3.63) is 107 Å². The van der Waals surface area contributed by atoms with Crippen molar-refractivity contribution in [1.29, 1.82) is 0 Å². The van der Waals surface area contributed by atoms with E-state index in [-0.39, 0.29) is 0 Å². The average molecular weight is 360 g/mol. The van der Waals surface area contributed by atoms with Gasteiger partial charge in [0.05, 0.1) is 0 Å². The molecule has 0 spiro atoms. The van der Waals surface area contributed by atoms with E-state index in [0.29, 0.717) is 5.56 Å². The Bertz CT molecular complexity index is 1080. The topological polar surface area (TPSA) is 20.2 Å². The Morgan fingerprint density at radius 2 is 1.25 bits per heavy atom. The van der Waals surface area contributed by atoms with Crippen LogP contribution in [0.5, 0.6) is 0 Å². The second-order valence-electron chi connectivity index (χ2n) is 6.37. The van der Waals surface area contributed by atoms with E-state index in [4.69, 9.17) is 0 Å². The fraction of sp³-hybridized carbons (Fsp3) is 0.111. The van der Waals surface area contributed by atoms with Crippen molar-refractivity contribution in [3.8, 4) is 35.5 Å². The summed E-state index contributed by atoms with van der Waals surface area (Å²) >= 11 is 0. The molecule has 134 valence electrons. The molecule has 0 saturated carbocycles. The number of rotatable bonds is 1. The van der Waals surface area contributed by atoms with Crippen LogP contribution in [0.25, 0.3) is 0 Å². The predicted octanol–water partition coefficient (Wildman–Crippen LogP) is 4.66. The molecule has 1 N–H and O–H groups in total. The van der Waals surface area contributed by atoms with Gasteiger partial charge < -0.3 is 5.11 Å². The average Bonchev–Trinajstić information content (AvgIpc) is 2.74. The largest absolute Gasteiger partial charge is 0.363 e. The summed E-state index contributed by atoms with van der Waals surface area (Å²) in [6, 6.07) is 24.9. The Labute approximate surface area is 167 Å². The lowest BCUT2D eigenvalue weighted by Gasteiger charge is -2.19. The highest BCUT2D eigenvalue weighted by atomic mass is 16.3. The summed E-state index contributed by atoms with van der Waals surface area (Å²) in [4.78, 5) is 0. The lowest BCUT2D eigenvalue weighted by Crippen LogP contribution is -2.23. The van der Waals surface area contributed by atoms with Crippen LogP contribution in [0.3, 0.4) is 0 Å². The molecule has 1 nitrogen and oxygen atoms in total. The van der Waals surface area contributed by atoms with Crippen LogP contribution in [0, 0.1) is 42.4 Å². The maximum atomic E-state index is 11.5. The van der Waals surface area contributed by atoms with Crippen molar-refractivity contribution < 1.29 is 5.11 Å². The summed E-state index contributed by atoms with van der Waals surface area (Å²) in [5.74, 6) is 18.1. The molecule has 0 bridgehead atoms. The van der Waals surface area contributed by atoms with Crippen molar-refractivity contribution in [2.24, 2.45) is 0 Å². The molecule has 1 heteroatoms. The summed E-state index contributed by atoms with van der Waals surface area (Å²) in [5.41, 5.74) is 2.33. The molecule has 3 aromatic rings. The fourth-order valence-corrected chi connectivity index (χ4v) is 2.74. The van der Waals surface area contributed by atoms with Crippen LogP contribution in [0.1, 0.15) is 34.7 Å². The van der Waals surface area contributed by atoms with Crippen LogP contribution in [0.2, 0.25) is 0 Å². The molecule has 0 aliphatic rings. The Kier molecular flexibility index (Phi) is 5.99. The van der Waals surface area contributed by atoms with Gasteiger partial charge in [-0.15, -0.1) is 5.92 Å². The molecule has 0 fully saturated rings. The monoisotopic (exact) mass is 360 g/mol. The van der Waals surface area contributed by atoms with Crippen LogP contribution in [0.15, 0.2) is 78.9 Å². The van der Waals surface area contributed by atoms with Gasteiger partial charge in [0.15, 0.2) is 0 Å². The molecule has 3 rings (SSSR count). The highest BCUT2D eigenvalue weighted by molar-refractivity contribution is 5.55. The maximum Gasteiger partial charge on any atom is 0.215 e. The van der Waals surface area contributed by atoms with Gasteiger partial charge >= 0.3 is 0 Å². The van der Waals surface area contributed by atoms with Gasteiger partial charge in [-0.2, -0.15) is 0 Å². The Hall–Kier alpha value is -3.70. The Balaban J connectivity index is 2.18. The maximum absolute atomic E-state index is 11.5. The minimum Gasteiger partial charge on any atom is -0.363 e. The van der Waals surface area contributed by atoms with E-state index in [2.05, 4.69) is 35.5 Å². The molecule has 28 heavy (non-hydrogen) atoms. The number of benzene rings is 3. The third-order valence-corrected chi connectivity index (χ3v) is 4.15. The summed E-state index contributed by atoms with van der Waals surface area (Å²) in [6.07, 6.45) is 0. The number of aliphatic hydroxyl groups is 1. The number of aryl methyl sites for hydroxylation is 1. The summed E-state index contributed by atoms with van der Waals surface area (Å²) in [5, 5.41) is 11.5. The molecule has 0 radical (unpaired) electrons. The second-order valence-corrected chi connectivity index (χ2v) is 6.37. The minimum atomic E-state index is -1.64. The molecule has 0 heterocycles. The van der Waals surface area contributed by atoms with Crippen molar-refractivity contribution in [2.75, 3.05) is 0 Å². The van der Waals surface area contributed by atoms with Crippen LogP contribution in [-0.2, 0) is 5.60 Å². The zero-order valence-corrected chi connectivity index (χ0v) is 16.0. The van der Waals surface area contributed by atoms with Gasteiger partial charge in [-0.3, -0.25) is 0 Å². The SMILES string of the molecule is CC#Cc1ccc(C)cc1C(O)(C#Cc1ccccc1)C#Cc1ccccc1. The van der Waals surface area contributed by atoms with Crippen LogP contribution in [0.4, 0.5) is 0 Å². The van der Waals surface area contributed by atoms with Crippen molar-refractivity contribution in [2.45, 2.75) is 19.4 Å². The van der Waals surface area contributed by atoms with Gasteiger partial charge in [0, 0.05) is 22.3 Å². The highest BCUT2D eigenvalue weighted by Gasteiger charge is 2.27. The van der Waals surface area contributed by atoms with Gasteiger partial charge in [0.2, 0.25) is 5.60 Å². The normalized spacial score (nSPS) is 9.82. The summed E-state index contributed by atoms with van der Waals surface area (Å²) in [6.45, 7) is 3.75. The molecule has 0 aromatic heterocycles. The van der Waals surface area contributed by atoms with E-state index >= 15 is 0 Å². The van der Waals surface area contributed by atoms with Gasteiger partial charge in [-0.1, -0.05) is 65.8 Å². The van der Waals surface area contributed by atoms with Gasteiger partial charge in [-0.05, 0) is 62.1 Å². The van der Waals surface area contributed by atoms with Gasteiger partial charge in [0.1, 0.15) is 0 Å². The molecule has 0 unspecified atom stereocenters. The highest BCUT2D eigenvalue weighted by Crippen LogP contribution is 2.25. The molecule has 0 aliphatic carbocycles. The van der Waals surface area contributed by atoms with E-state index in [1.165, 1.54) is 0 Å². The first-order valence-corrected chi connectivity index (χ1v) is 9.03. The van der Waals surface area contributed by atoms with E-state index < -0.39 is 5.60 Å². The summed E-state index contributed by atoms with van der Waals surface area (Å²) in [7, 11) is 0. The fourth-order valence-electron chi connectivity index (χ4n) is 2.74. The quantitative estimate of drug-likeness (QED) is 0.626. The zero-order valence-electron chi connectivity index (χ0n) is 16.0. The molecular formula is C27H20O. The molecular weight excluding hydrogens is 340 g/mol. The third kappa shape index (κ3) is 4.72. The minimum absolute atomic E-state index is 0.605. The molecule has 0 atom stereocenters. The molecule has 0 amide bonds. The molecule has 3 aromatic carbocycles. The zero-order chi connectivity index (χ0) is 19.8. The molecule has 0 aliphatic heterocycles. The Morgan fingerprint density at radius 3 is 1.75 bits per heavy atom. The molecule has 0 saturated heterocycles. The van der Waals surface area contributed by atoms with E-state index in [1.807, 2.05) is 85.8 Å². The smallest absolute Gasteiger partial charge is 0.215 e. The lowest BCUT2D eigenvalue weighted by atomic mass is 9.88. The van der Waals surface area contributed by atoms with Crippen LogP contribution in [-0.4, -0.2) is 5.11 Å². The second kappa shape index (κ2) is 8.79. The number of hydrogen-bond acceptors (Lipinski definition) is 1. The number of hydrogen-bond donors (Lipinski definition) is 1. The van der Waals surface area contributed by atoms with E-state index in [9.17, 15) is 5.11 Å². The third-order valence-electron chi connectivity index (χ3n) is 4.15. The van der Waals surface area contributed by atoms with E-state index in [0.717, 1.165) is 22.3 Å². The van der Waals surface area contributed by atoms with Crippen LogP contribution >= 0.6 is 0 Å². The lowest BCUT2D eigenvalue weighted by molar-refractivity contribution is 0.164. The first-order valence-electron chi connectivity index (χ1n) is 9.03. The first kappa shape index (κ1) is 19.1. The predicted molar refractivity (Wildman–Crippen MR) is 114 cm³/mol. The standard InChI is InChI=1S/C27H20O/c1-3-10-25-16-15-22(2)21-26(25)27(28,19-17-23-11-6-4-7-12-23)20-18-24-13-8-5-9-14-24/h4-9,11-16,21,28H,1-2H3. The Morgan fingerprint density at radius 1 is 0.714 bits per heavy atom. The summed E-state index contributed by atoms with van der Waals surface area (Å²) < 4.78 is 0. The first-order chi connectivity index (χ1) is 13.6. The van der Waals surface area contributed by atoms with Crippen molar-refractivity contribution in [3.63, 3.8) is 0 Å². The van der Waals surface area contributed by atoms with Gasteiger partial charge in [-0.25, -0.2) is 0 Å². The van der Waals surface area contributed by atoms with Crippen molar-refractivity contribution >= 4 is 0 Å². The van der Waals surface area contributed by atoms with E-state index in [1.54, 1.807) is 6.92 Å². The van der Waals surface area contributed by atoms with Crippen LogP contribution < -0.4 is 0 Å².